The molecule has 0 amide bonds. The second-order valence-electron chi connectivity index (χ2n) is 3.41. The molecule has 0 atom stereocenters. The molecule has 17 heavy (non-hydrogen) atoms. The summed E-state index contributed by atoms with van der Waals surface area (Å²) in [4.78, 5) is 16.4. The maximum absolute atomic E-state index is 9.04. The number of ether oxygens (including phenoxy) is 1. The lowest BCUT2D eigenvalue weighted by Crippen LogP contribution is -1.99. The lowest BCUT2D eigenvalue weighted by Gasteiger charge is -2.04. The molecule has 6 nitrogen and oxygen atoms in total. The third kappa shape index (κ3) is 2.36. The average Bonchev–Trinajstić information content (AvgIpc) is 2.38. The molecular formula is C11H12N4O2. The zero-order chi connectivity index (χ0) is 12.3. The van der Waals surface area contributed by atoms with Crippen molar-refractivity contribution >= 4 is 0 Å². The van der Waals surface area contributed by atoms with Crippen LogP contribution in [-0.4, -0.2) is 32.2 Å². The predicted molar refractivity (Wildman–Crippen MR) is 60.3 cm³/mol. The van der Waals surface area contributed by atoms with Crippen molar-refractivity contribution in [1.29, 1.82) is 0 Å². The molecule has 0 radical (unpaired) electrons. The van der Waals surface area contributed by atoms with Gasteiger partial charge in [-0.1, -0.05) is 0 Å². The highest BCUT2D eigenvalue weighted by Crippen LogP contribution is 2.16. The van der Waals surface area contributed by atoms with Crippen LogP contribution in [0.3, 0.4) is 0 Å². The summed E-state index contributed by atoms with van der Waals surface area (Å²) >= 11 is 0. The van der Waals surface area contributed by atoms with Crippen LogP contribution in [0.15, 0.2) is 18.6 Å². The Morgan fingerprint density at radius 3 is 2.76 bits per heavy atom. The van der Waals surface area contributed by atoms with E-state index in [1.54, 1.807) is 12.3 Å². The number of methoxy groups -OCH3 is 1. The van der Waals surface area contributed by atoms with E-state index in [1.807, 2.05) is 6.92 Å². The van der Waals surface area contributed by atoms with Gasteiger partial charge in [0.05, 0.1) is 13.7 Å². The van der Waals surface area contributed by atoms with Crippen LogP contribution in [0.4, 0.5) is 0 Å². The van der Waals surface area contributed by atoms with E-state index in [4.69, 9.17) is 9.84 Å². The zero-order valence-corrected chi connectivity index (χ0v) is 9.58. The van der Waals surface area contributed by atoms with Gasteiger partial charge in [0.25, 0.3) is 0 Å². The van der Waals surface area contributed by atoms with Crippen molar-refractivity contribution in [3.8, 4) is 17.4 Å². The van der Waals surface area contributed by atoms with Gasteiger partial charge in [-0.05, 0) is 6.92 Å². The highest BCUT2D eigenvalue weighted by atomic mass is 16.5. The van der Waals surface area contributed by atoms with Crippen molar-refractivity contribution in [1.82, 2.24) is 19.9 Å². The van der Waals surface area contributed by atoms with Gasteiger partial charge >= 0.3 is 0 Å². The fourth-order valence-electron chi connectivity index (χ4n) is 1.34. The number of hydrogen-bond acceptors (Lipinski definition) is 6. The van der Waals surface area contributed by atoms with Crippen LogP contribution in [0.25, 0.3) is 11.5 Å². The number of aryl methyl sites for hydroxylation is 1. The van der Waals surface area contributed by atoms with Gasteiger partial charge in [-0.2, -0.15) is 0 Å². The first-order valence-corrected chi connectivity index (χ1v) is 5.04. The molecule has 2 heterocycles. The summed E-state index contributed by atoms with van der Waals surface area (Å²) in [6.45, 7) is 1.74. The van der Waals surface area contributed by atoms with E-state index in [9.17, 15) is 0 Å². The molecule has 2 aromatic heterocycles. The van der Waals surface area contributed by atoms with Gasteiger partial charge in [-0.15, -0.1) is 0 Å². The Balaban J connectivity index is 2.42. The van der Waals surface area contributed by atoms with E-state index in [1.165, 1.54) is 13.4 Å². The van der Waals surface area contributed by atoms with Gasteiger partial charge < -0.3 is 9.84 Å². The van der Waals surface area contributed by atoms with E-state index in [2.05, 4.69) is 19.9 Å². The van der Waals surface area contributed by atoms with E-state index in [0.29, 0.717) is 23.0 Å². The Kier molecular flexibility index (Phi) is 3.24. The SMILES string of the molecule is COc1cc(-c2ncc(CO)c(C)n2)ncn1. The molecule has 0 aliphatic carbocycles. The van der Waals surface area contributed by atoms with Crippen LogP contribution < -0.4 is 4.74 Å². The minimum absolute atomic E-state index is 0.0702. The van der Waals surface area contributed by atoms with Gasteiger partial charge in [-0.25, -0.2) is 19.9 Å². The summed E-state index contributed by atoms with van der Waals surface area (Å²) in [6, 6.07) is 1.66. The lowest BCUT2D eigenvalue weighted by atomic mass is 10.2. The minimum Gasteiger partial charge on any atom is -0.481 e. The highest BCUT2D eigenvalue weighted by Gasteiger charge is 2.07. The minimum atomic E-state index is -0.0702. The molecule has 1 N–H and O–H groups in total. The summed E-state index contributed by atoms with van der Waals surface area (Å²) in [7, 11) is 1.53. The standard InChI is InChI=1S/C11H12N4O2/c1-7-8(5-16)4-12-11(15-7)9-3-10(17-2)14-6-13-9/h3-4,6,16H,5H2,1-2H3. The van der Waals surface area contributed by atoms with Crippen LogP contribution in [0, 0.1) is 6.92 Å². The Labute approximate surface area is 98.4 Å². The smallest absolute Gasteiger partial charge is 0.216 e. The Hall–Kier alpha value is -2.08. The Morgan fingerprint density at radius 1 is 1.29 bits per heavy atom. The number of aliphatic hydroxyl groups excluding tert-OH is 1. The Morgan fingerprint density at radius 2 is 2.12 bits per heavy atom. The molecule has 0 bridgehead atoms. The van der Waals surface area contributed by atoms with Crippen LogP contribution in [-0.2, 0) is 6.61 Å². The Bertz CT molecular complexity index is 531. The summed E-state index contributed by atoms with van der Waals surface area (Å²) in [5.41, 5.74) is 2.02. The maximum Gasteiger partial charge on any atom is 0.216 e. The summed E-state index contributed by atoms with van der Waals surface area (Å²) < 4.78 is 5.00. The van der Waals surface area contributed by atoms with Crippen molar-refractivity contribution in [2.75, 3.05) is 7.11 Å². The fourth-order valence-corrected chi connectivity index (χ4v) is 1.34. The molecular weight excluding hydrogens is 220 g/mol. The number of aromatic nitrogens is 4. The normalized spacial score (nSPS) is 10.3. The third-order valence-corrected chi connectivity index (χ3v) is 2.33. The second kappa shape index (κ2) is 4.84. The molecule has 6 heteroatoms. The maximum atomic E-state index is 9.04. The number of aliphatic hydroxyl groups is 1. The van der Waals surface area contributed by atoms with Gasteiger partial charge in [0.2, 0.25) is 5.88 Å². The number of hydrogen-bond donors (Lipinski definition) is 1. The first kappa shape index (κ1) is 11.4. The first-order chi connectivity index (χ1) is 8.24. The second-order valence-corrected chi connectivity index (χ2v) is 3.41. The third-order valence-electron chi connectivity index (χ3n) is 2.33. The lowest BCUT2D eigenvalue weighted by molar-refractivity contribution is 0.280. The van der Waals surface area contributed by atoms with Gasteiger partial charge in [0, 0.05) is 23.5 Å². The van der Waals surface area contributed by atoms with E-state index >= 15 is 0 Å². The molecule has 2 rings (SSSR count). The van der Waals surface area contributed by atoms with Crippen molar-refractivity contribution in [2.45, 2.75) is 13.5 Å². The fraction of sp³-hybridized carbons (Fsp3) is 0.273. The molecule has 0 spiro atoms. The molecule has 0 saturated heterocycles. The summed E-state index contributed by atoms with van der Waals surface area (Å²) in [5.74, 6) is 0.947. The van der Waals surface area contributed by atoms with E-state index in [-0.39, 0.29) is 6.61 Å². The van der Waals surface area contributed by atoms with Crippen molar-refractivity contribution in [3.05, 3.63) is 29.8 Å². The quantitative estimate of drug-likeness (QED) is 0.840. The van der Waals surface area contributed by atoms with Crippen LogP contribution in [0.2, 0.25) is 0 Å². The molecule has 0 aliphatic heterocycles. The van der Waals surface area contributed by atoms with Crippen molar-refractivity contribution in [3.63, 3.8) is 0 Å². The summed E-state index contributed by atoms with van der Waals surface area (Å²) in [6.07, 6.45) is 2.99. The van der Waals surface area contributed by atoms with Crippen LogP contribution in [0.5, 0.6) is 5.88 Å². The largest absolute Gasteiger partial charge is 0.481 e. The van der Waals surface area contributed by atoms with Gasteiger partial charge in [0.1, 0.15) is 12.0 Å². The first-order valence-electron chi connectivity index (χ1n) is 5.04. The summed E-state index contributed by atoms with van der Waals surface area (Å²) in [5, 5.41) is 9.04. The van der Waals surface area contributed by atoms with Crippen molar-refractivity contribution < 1.29 is 9.84 Å². The van der Waals surface area contributed by atoms with Crippen LogP contribution in [0.1, 0.15) is 11.3 Å². The van der Waals surface area contributed by atoms with E-state index in [0.717, 1.165) is 5.69 Å². The average molecular weight is 232 g/mol. The van der Waals surface area contributed by atoms with Gasteiger partial charge in [-0.3, -0.25) is 0 Å². The molecule has 0 aliphatic rings. The molecule has 2 aromatic rings. The van der Waals surface area contributed by atoms with Crippen molar-refractivity contribution in [2.24, 2.45) is 0 Å². The molecule has 0 saturated carbocycles. The highest BCUT2D eigenvalue weighted by molar-refractivity contribution is 5.50. The number of nitrogens with zero attached hydrogens (tertiary/aromatic N) is 4. The van der Waals surface area contributed by atoms with E-state index < -0.39 is 0 Å². The molecule has 0 fully saturated rings. The molecule has 0 unspecified atom stereocenters. The van der Waals surface area contributed by atoms with Crippen LogP contribution >= 0.6 is 0 Å². The zero-order valence-electron chi connectivity index (χ0n) is 9.58. The molecule has 88 valence electrons. The topological polar surface area (TPSA) is 81.0 Å². The van der Waals surface area contributed by atoms with Gasteiger partial charge in [0.15, 0.2) is 5.82 Å². The monoisotopic (exact) mass is 232 g/mol. The molecule has 0 aromatic carbocycles. The predicted octanol–water partition coefficient (Wildman–Crippen LogP) is 0.743. The number of rotatable bonds is 3.